The normalized spacial score (nSPS) is 26.8. The molecule has 0 aromatic rings. The Labute approximate surface area is 48.5 Å². The summed E-state index contributed by atoms with van der Waals surface area (Å²) >= 11 is 0. The zero-order valence-corrected chi connectivity index (χ0v) is 4.78. The summed E-state index contributed by atoms with van der Waals surface area (Å²) in [6, 6.07) is 0. The second-order valence-corrected chi connectivity index (χ2v) is 1.75. The number of rotatable bonds is 0. The summed E-state index contributed by atoms with van der Waals surface area (Å²) in [5.41, 5.74) is 5.50. The number of hydrogen-bond donors (Lipinski definition) is 1. The summed E-state index contributed by atoms with van der Waals surface area (Å²) in [6.07, 6.45) is 5.20. The number of hydrogen-bond acceptors (Lipinski definition) is 3. The third-order valence-corrected chi connectivity index (χ3v) is 1.10. The Bertz CT molecular complexity index is 112. The van der Waals surface area contributed by atoms with E-state index >= 15 is 0 Å². The van der Waals surface area contributed by atoms with Crippen LogP contribution in [-0.2, 0) is 0 Å². The predicted octanol–water partition coefficient (Wildman–Crippen LogP) is -0.241. The molecular weight excluding hydrogens is 102 g/mol. The largest absolute Gasteiger partial charge is 0.359 e. The lowest BCUT2D eigenvalue weighted by Gasteiger charge is -2.20. The molecule has 0 aliphatic carbocycles. The van der Waals surface area contributed by atoms with Gasteiger partial charge in [-0.25, -0.2) is 0 Å². The molecule has 1 heterocycles. The van der Waals surface area contributed by atoms with Gasteiger partial charge in [0, 0.05) is 25.7 Å². The summed E-state index contributed by atoms with van der Waals surface area (Å²) in [6.45, 7) is 0. The van der Waals surface area contributed by atoms with Crippen LogP contribution in [0, 0.1) is 0 Å². The van der Waals surface area contributed by atoms with Gasteiger partial charge >= 0.3 is 0 Å². The average Bonchev–Trinajstić information content (AvgIpc) is 1.77. The molecule has 2 N–H and O–H groups in total. The molecule has 0 bridgehead atoms. The van der Waals surface area contributed by atoms with E-state index in [-0.39, 0.29) is 6.17 Å². The Morgan fingerprint density at radius 2 is 2.50 bits per heavy atom. The molecule has 0 aromatic heterocycles. The van der Waals surface area contributed by atoms with Crippen LogP contribution in [0.5, 0.6) is 0 Å². The van der Waals surface area contributed by atoms with Crippen molar-refractivity contribution in [1.82, 2.24) is 4.90 Å². The summed E-state index contributed by atoms with van der Waals surface area (Å²) in [7, 11) is 1.91. The monoisotopic (exact) mass is 111 g/mol. The minimum absolute atomic E-state index is 0.0417. The molecule has 0 aromatic carbocycles. The predicted molar refractivity (Wildman–Crippen MR) is 33.4 cm³/mol. The van der Waals surface area contributed by atoms with E-state index in [4.69, 9.17) is 5.73 Å². The molecule has 1 unspecified atom stereocenters. The molecule has 0 fully saturated rings. The molecule has 1 aliphatic heterocycles. The Kier molecular flexibility index (Phi) is 1.30. The van der Waals surface area contributed by atoms with Crippen molar-refractivity contribution in [3.63, 3.8) is 0 Å². The molecule has 1 atom stereocenters. The molecule has 44 valence electrons. The first kappa shape index (κ1) is 5.31. The lowest BCUT2D eigenvalue weighted by molar-refractivity contribution is 0.412. The standard InChI is InChI=1S/C5H9N3/c1-8-3-2-7-4-5(8)6/h2-5H,6H2,1H3. The van der Waals surface area contributed by atoms with Gasteiger partial charge in [-0.15, -0.1) is 0 Å². The molecule has 0 saturated heterocycles. The van der Waals surface area contributed by atoms with Crippen LogP contribution < -0.4 is 5.73 Å². The SMILES string of the molecule is CN1C=CN=CC1N. The van der Waals surface area contributed by atoms with Gasteiger partial charge in [0.1, 0.15) is 6.17 Å². The van der Waals surface area contributed by atoms with E-state index in [1.807, 2.05) is 18.1 Å². The molecule has 0 spiro atoms. The van der Waals surface area contributed by atoms with Gasteiger partial charge in [0.25, 0.3) is 0 Å². The molecule has 8 heavy (non-hydrogen) atoms. The topological polar surface area (TPSA) is 41.6 Å². The van der Waals surface area contributed by atoms with Crippen molar-refractivity contribution in [2.24, 2.45) is 10.7 Å². The van der Waals surface area contributed by atoms with Crippen molar-refractivity contribution in [3.8, 4) is 0 Å². The van der Waals surface area contributed by atoms with Gasteiger partial charge in [0.15, 0.2) is 0 Å². The summed E-state index contributed by atoms with van der Waals surface area (Å²) in [5, 5.41) is 0. The summed E-state index contributed by atoms with van der Waals surface area (Å²) < 4.78 is 0. The van der Waals surface area contributed by atoms with Crippen molar-refractivity contribution < 1.29 is 0 Å². The summed E-state index contributed by atoms with van der Waals surface area (Å²) in [4.78, 5) is 5.72. The van der Waals surface area contributed by atoms with Gasteiger partial charge < -0.3 is 10.6 Å². The number of nitrogens with zero attached hydrogens (tertiary/aromatic N) is 2. The van der Waals surface area contributed by atoms with Gasteiger partial charge in [-0.05, 0) is 0 Å². The molecule has 3 heteroatoms. The summed E-state index contributed by atoms with van der Waals surface area (Å²) in [5.74, 6) is 0. The smallest absolute Gasteiger partial charge is 0.113 e. The fourth-order valence-electron chi connectivity index (χ4n) is 0.486. The van der Waals surface area contributed by atoms with Crippen LogP contribution in [0.4, 0.5) is 0 Å². The van der Waals surface area contributed by atoms with Crippen LogP contribution in [0.15, 0.2) is 17.4 Å². The third-order valence-electron chi connectivity index (χ3n) is 1.10. The van der Waals surface area contributed by atoms with Crippen LogP contribution in [0.1, 0.15) is 0 Å². The Balaban J connectivity index is 2.59. The maximum Gasteiger partial charge on any atom is 0.113 e. The minimum Gasteiger partial charge on any atom is -0.359 e. The van der Waals surface area contributed by atoms with Crippen LogP contribution in [-0.4, -0.2) is 24.3 Å². The first-order valence-corrected chi connectivity index (χ1v) is 2.48. The van der Waals surface area contributed by atoms with E-state index < -0.39 is 0 Å². The maximum atomic E-state index is 5.50. The lowest BCUT2D eigenvalue weighted by Crippen LogP contribution is -2.38. The van der Waals surface area contributed by atoms with E-state index in [1.54, 1.807) is 12.4 Å². The van der Waals surface area contributed by atoms with E-state index in [0.29, 0.717) is 0 Å². The first-order valence-electron chi connectivity index (χ1n) is 2.48. The van der Waals surface area contributed by atoms with Crippen LogP contribution in [0.25, 0.3) is 0 Å². The van der Waals surface area contributed by atoms with Gasteiger partial charge in [-0.1, -0.05) is 0 Å². The average molecular weight is 111 g/mol. The highest BCUT2D eigenvalue weighted by atomic mass is 15.2. The maximum absolute atomic E-state index is 5.50. The van der Waals surface area contributed by atoms with Crippen molar-refractivity contribution in [1.29, 1.82) is 0 Å². The van der Waals surface area contributed by atoms with E-state index in [0.717, 1.165) is 0 Å². The second kappa shape index (κ2) is 1.96. The molecule has 1 aliphatic rings. The van der Waals surface area contributed by atoms with Crippen LogP contribution in [0.3, 0.4) is 0 Å². The van der Waals surface area contributed by atoms with Crippen LogP contribution in [0.2, 0.25) is 0 Å². The van der Waals surface area contributed by atoms with Gasteiger partial charge in [-0.3, -0.25) is 4.99 Å². The van der Waals surface area contributed by atoms with E-state index in [1.165, 1.54) is 0 Å². The Morgan fingerprint density at radius 1 is 1.75 bits per heavy atom. The highest BCUT2D eigenvalue weighted by molar-refractivity contribution is 5.65. The van der Waals surface area contributed by atoms with E-state index in [9.17, 15) is 0 Å². The minimum atomic E-state index is -0.0417. The molecule has 0 amide bonds. The van der Waals surface area contributed by atoms with Crippen molar-refractivity contribution in [2.75, 3.05) is 7.05 Å². The number of aliphatic imine (C=N–C) groups is 1. The van der Waals surface area contributed by atoms with Crippen LogP contribution >= 0.6 is 0 Å². The van der Waals surface area contributed by atoms with Crippen molar-refractivity contribution >= 4 is 6.21 Å². The fraction of sp³-hybridized carbons (Fsp3) is 0.400. The third kappa shape index (κ3) is 0.869. The van der Waals surface area contributed by atoms with Gasteiger partial charge in [0.05, 0.1) is 0 Å². The Hall–Kier alpha value is -0.830. The lowest BCUT2D eigenvalue weighted by atomic mass is 10.5. The molecule has 0 radical (unpaired) electrons. The van der Waals surface area contributed by atoms with Crippen molar-refractivity contribution in [3.05, 3.63) is 12.4 Å². The van der Waals surface area contributed by atoms with Crippen molar-refractivity contribution in [2.45, 2.75) is 6.17 Å². The number of nitrogens with two attached hydrogens (primary N) is 1. The molecule has 1 rings (SSSR count). The zero-order chi connectivity index (χ0) is 5.98. The Morgan fingerprint density at radius 3 is 2.88 bits per heavy atom. The van der Waals surface area contributed by atoms with E-state index in [2.05, 4.69) is 4.99 Å². The quantitative estimate of drug-likeness (QED) is 0.468. The molecule has 3 nitrogen and oxygen atoms in total. The van der Waals surface area contributed by atoms with Gasteiger partial charge in [-0.2, -0.15) is 0 Å². The fourth-order valence-corrected chi connectivity index (χ4v) is 0.486. The molecule has 0 saturated carbocycles. The molecular formula is C5H9N3. The first-order chi connectivity index (χ1) is 3.80. The highest BCUT2D eigenvalue weighted by Gasteiger charge is 2.02. The second-order valence-electron chi connectivity index (χ2n) is 1.75. The zero-order valence-electron chi connectivity index (χ0n) is 4.78. The highest BCUT2D eigenvalue weighted by Crippen LogP contribution is 1.93. The van der Waals surface area contributed by atoms with Gasteiger partial charge in [0.2, 0.25) is 0 Å².